The summed E-state index contributed by atoms with van der Waals surface area (Å²) in [6.07, 6.45) is 3.16. The van der Waals surface area contributed by atoms with E-state index in [1.54, 1.807) is 12.1 Å². The average molecular weight is 257 g/mol. The van der Waals surface area contributed by atoms with Gasteiger partial charge >= 0.3 is 0 Å². The lowest BCUT2D eigenvalue weighted by molar-refractivity contribution is 0.0637. The van der Waals surface area contributed by atoms with Gasteiger partial charge in [-0.2, -0.15) is 0 Å². The number of hydrogen-bond acceptors (Lipinski definition) is 3. The molecule has 4 nitrogen and oxygen atoms in total. The highest BCUT2D eigenvalue weighted by Crippen LogP contribution is 2.22. The average Bonchev–Trinajstić information content (AvgIpc) is 2.76. The summed E-state index contributed by atoms with van der Waals surface area (Å²) >= 11 is 5.67. The first-order valence-electron chi connectivity index (χ1n) is 5.95. The maximum Gasteiger partial charge on any atom is 0.289 e. The molecule has 17 heavy (non-hydrogen) atoms. The van der Waals surface area contributed by atoms with Gasteiger partial charge in [-0.15, -0.1) is 0 Å². The molecule has 1 aromatic rings. The van der Waals surface area contributed by atoms with E-state index < -0.39 is 0 Å². The van der Waals surface area contributed by atoms with Crippen molar-refractivity contribution in [2.45, 2.75) is 19.3 Å². The SMILES string of the molecule is NCCC1CCCN(C(=O)c2ccc(Cl)o2)C1. The third kappa shape index (κ3) is 3.01. The van der Waals surface area contributed by atoms with Gasteiger partial charge in [0, 0.05) is 13.1 Å². The fourth-order valence-electron chi connectivity index (χ4n) is 2.31. The zero-order valence-electron chi connectivity index (χ0n) is 9.69. The molecular weight excluding hydrogens is 240 g/mol. The quantitative estimate of drug-likeness (QED) is 0.901. The largest absolute Gasteiger partial charge is 0.440 e. The van der Waals surface area contributed by atoms with Crippen molar-refractivity contribution in [1.82, 2.24) is 4.90 Å². The van der Waals surface area contributed by atoms with E-state index in [0.717, 1.165) is 32.4 Å². The van der Waals surface area contributed by atoms with Crippen molar-refractivity contribution in [3.05, 3.63) is 23.1 Å². The second kappa shape index (κ2) is 5.56. The molecule has 0 aliphatic carbocycles. The molecule has 1 aliphatic heterocycles. The van der Waals surface area contributed by atoms with E-state index in [9.17, 15) is 4.79 Å². The van der Waals surface area contributed by atoms with E-state index in [0.29, 0.717) is 18.2 Å². The highest BCUT2D eigenvalue weighted by atomic mass is 35.5. The maximum absolute atomic E-state index is 12.1. The van der Waals surface area contributed by atoms with Gasteiger partial charge in [-0.1, -0.05) is 0 Å². The van der Waals surface area contributed by atoms with Crippen LogP contribution in [0, 0.1) is 5.92 Å². The standard InChI is InChI=1S/C12H17ClN2O2/c13-11-4-3-10(17-11)12(16)15-7-1-2-9(8-15)5-6-14/h3-4,9H,1-2,5-8,14H2. The number of furan rings is 1. The number of amides is 1. The van der Waals surface area contributed by atoms with Crippen LogP contribution in [0.1, 0.15) is 29.8 Å². The Balaban J connectivity index is 1.99. The predicted octanol–water partition coefficient (Wildman–Crippen LogP) is 2.13. The van der Waals surface area contributed by atoms with E-state index in [-0.39, 0.29) is 11.1 Å². The molecule has 1 aliphatic rings. The van der Waals surface area contributed by atoms with E-state index in [2.05, 4.69) is 0 Å². The fourth-order valence-corrected chi connectivity index (χ4v) is 2.45. The number of rotatable bonds is 3. The summed E-state index contributed by atoms with van der Waals surface area (Å²) in [5, 5.41) is 0.254. The van der Waals surface area contributed by atoms with Crippen LogP contribution in [0.15, 0.2) is 16.5 Å². The van der Waals surface area contributed by atoms with Gasteiger partial charge in [0.1, 0.15) is 0 Å². The third-order valence-corrected chi connectivity index (χ3v) is 3.37. The first-order chi connectivity index (χ1) is 8.20. The molecule has 1 fully saturated rings. The molecule has 0 aromatic carbocycles. The van der Waals surface area contributed by atoms with Crippen LogP contribution >= 0.6 is 11.6 Å². The summed E-state index contributed by atoms with van der Waals surface area (Å²) in [6.45, 7) is 2.24. The molecule has 0 bridgehead atoms. The number of carbonyl (C=O) groups excluding carboxylic acids is 1. The summed E-state index contributed by atoms with van der Waals surface area (Å²) < 4.78 is 5.14. The second-order valence-corrected chi connectivity index (χ2v) is 4.81. The molecule has 5 heteroatoms. The van der Waals surface area contributed by atoms with Gasteiger partial charge in [-0.3, -0.25) is 4.79 Å². The lowest BCUT2D eigenvalue weighted by Crippen LogP contribution is -2.40. The molecule has 0 spiro atoms. The second-order valence-electron chi connectivity index (χ2n) is 4.44. The van der Waals surface area contributed by atoms with E-state index in [4.69, 9.17) is 21.8 Å². The number of nitrogens with two attached hydrogens (primary N) is 1. The summed E-state index contributed by atoms with van der Waals surface area (Å²) in [5.41, 5.74) is 5.56. The lowest BCUT2D eigenvalue weighted by Gasteiger charge is -2.32. The van der Waals surface area contributed by atoms with Crippen molar-refractivity contribution in [2.75, 3.05) is 19.6 Å². The van der Waals surface area contributed by atoms with E-state index >= 15 is 0 Å². The Morgan fingerprint density at radius 2 is 2.41 bits per heavy atom. The fraction of sp³-hybridized carbons (Fsp3) is 0.583. The number of piperidine rings is 1. The summed E-state index contributed by atoms with van der Waals surface area (Å²) in [6, 6.07) is 3.22. The van der Waals surface area contributed by atoms with Crippen molar-refractivity contribution < 1.29 is 9.21 Å². The smallest absolute Gasteiger partial charge is 0.289 e. The van der Waals surface area contributed by atoms with E-state index in [1.807, 2.05) is 4.90 Å². The Labute approximate surface area is 106 Å². The Bertz CT molecular complexity index is 390. The molecule has 1 saturated heterocycles. The molecule has 0 radical (unpaired) electrons. The van der Waals surface area contributed by atoms with Gasteiger partial charge in [0.25, 0.3) is 5.91 Å². The molecule has 2 heterocycles. The first-order valence-corrected chi connectivity index (χ1v) is 6.33. The maximum atomic E-state index is 12.1. The molecule has 1 aromatic heterocycles. The summed E-state index contributed by atoms with van der Waals surface area (Å²) in [7, 11) is 0. The minimum Gasteiger partial charge on any atom is -0.440 e. The number of nitrogens with zero attached hydrogens (tertiary/aromatic N) is 1. The van der Waals surface area contributed by atoms with Crippen LogP contribution in [0.5, 0.6) is 0 Å². The van der Waals surface area contributed by atoms with Crippen LogP contribution in [0.4, 0.5) is 0 Å². The molecule has 2 rings (SSSR count). The van der Waals surface area contributed by atoms with Gasteiger partial charge in [-0.25, -0.2) is 0 Å². The number of hydrogen-bond donors (Lipinski definition) is 1. The highest BCUT2D eigenvalue weighted by Gasteiger charge is 2.25. The number of halogens is 1. The molecule has 2 N–H and O–H groups in total. The van der Waals surface area contributed by atoms with Crippen LogP contribution in [-0.2, 0) is 0 Å². The van der Waals surface area contributed by atoms with Crippen LogP contribution in [0.25, 0.3) is 0 Å². The van der Waals surface area contributed by atoms with E-state index in [1.165, 1.54) is 0 Å². The van der Waals surface area contributed by atoms with Gasteiger partial charge in [0.2, 0.25) is 0 Å². The minimum absolute atomic E-state index is 0.0707. The predicted molar refractivity (Wildman–Crippen MR) is 66.0 cm³/mol. The highest BCUT2D eigenvalue weighted by molar-refractivity contribution is 6.29. The Kier molecular flexibility index (Phi) is 4.07. The van der Waals surface area contributed by atoms with Crippen LogP contribution < -0.4 is 5.73 Å². The van der Waals surface area contributed by atoms with Crippen molar-refractivity contribution in [3.63, 3.8) is 0 Å². The van der Waals surface area contributed by atoms with Gasteiger partial charge in [-0.05, 0) is 55.5 Å². The summed E-state index contributed by atoms with van der Waals surface area (Å²) in [4.78, 5) is 13.9. The first kappa shape index (κ1) is 12.5. The van der Waals surface area contributed by atoms with Gasteiger partial charge < -0.3 is 15.1 Å². The number of likely N-dealkylation sites (tertiary alicyclic amines) is 1. The van der Waals surface area contributed by atoms with Crippen LogP contribution in [0.3, 0.4) is 0 Å². The normalized spacial score (nSPS) is 20.6. The molecule has 94 valence electrons. The zero-order valence-corrected chi connectivity index (χ0v) is 10.4. The molecule has 1 unspecified atom stereocenters. The monoisotopic (exact) mass is 256 g/mol. The molecule has 0 saturated carbocycles. The van der Waals surface area contributed by atoms with Crippen molar-refractivity contribution in [3.8, 4) is 0 Å². The molecular formula is C12H17ClN2O2. The lowest BCUT2D eigenvalue weighted by atomic mass is 9.95. The van der Waals surface area contributed by atoms with Gasteiger partial charge in [0.15, 0.2) is 11.0 Å². The summed E-state index contributed by atoms with van der Waals surface area (Å²) in [5.74, 6) is 0.769. The Hall–Kier alpha value is -1.00. The molecule has 1 atom stereocenters. The van der Waals surface area contributed by atoms with Crippen molar-refractivity contribution in [1.29, 1.82) is 0 Å². The van der Waals surface area contributed by atoms with Crippen molar-refractivity contribution in [2.24, 2.45) is 11.7 Å². The van der Waals surface area contributed by atoms with Crippen molar-refractivity contribution >= 4 is 17.5 Å². The van der Waals surface area contributed by atoms with Crippen LogP contribution in [-0.4, -0.2) is 30.4 Å². The zero-order chi connectivity index (χ0) is 12.3. The topological polar surface area (TPSA) is 59.5 Å². The molecule has 1 amide bonds. The number of carbonyl (C=O) groups is 1. The minimum atomic E-state index is -0.0707. The third-order valence-electron chi connectivity index (χ3n) is 3.17. The van der Waals surface area contributed by atoms with Crippen LogP contribution in [0.2, 0.25) is 5.22 Å². The Morgan fingerprint density at radius 1 is 1.59 bits per heavy atom. The van der Waals surface area contributed by atoms with Gasteiger partial charge in [0.05, 0.1) is 0 Å². The Morgan fingerprint density at radius 3 is 3.06 bits per heavy atom.